The number of nitrogens with one attached hydrogen (secondary N) is 1. The van der Waals surface area contributed by atoms with Crippen molar-refractivity contribution in [1.29, 1.82) is 0 Å². The summed E-state index contributed by atoms with van der Waals surface area (Å²) < 4.78 is 13.7. The molecule has 1 aliphatic carbocycles. The summed E-state index contributed by atoms with van der Waals surface area (Å²) in [7, 11) is 1.90. The van der Waals surface area contributed by atoms with Crippen LogP contribution >= 0.6 is 0 Å². The molecule has 0 radical (unpaired) electrons. The Labute approximate surface area is 108 Å². The van der Waals surface area contributed by atoms with Gasteiger partial charge in [0.1, 0.15) is 5.82 Å². The molecular weight excluding hydrogens is 227 g/mol. The Morgan fingerprint density at radius 2 is 2.28 bits per heavy atom. The van der Waals surface area contributed by atoms with Crippen LogP contribution in [0.25, 0.3) is 0 Å². The Kier molecular flexibility index (Phi) is 4.35. The van der Waals surface area contributed by atoms with Crippen molar-refractivity contribution in [3.05, 3.63) is 35.1 Å². The summed E-state index contributed by atoms with van der Waals surface area (Å²) in [6, 6.07) is 5.98. The van der Waals surface area contributed by atoms with E-state index in [1.807, 2.05) is 24.1 Å². The Morgan fingerprint density at radius 1 is 1.50 bits per heavy atom. The highest BCUT2D eigenvalue weighted by Crippen LogP contribution is 2.20. The molecule has 96 valence electrons. The highest BCUT2D eigenvalue weighted by Gasteiger charge is 2.20. The summed E-state index contributed by atoms with van der Waals surface area (Å²) in [5, 5.41) is 3.43. The molecule has 0 aromatic heterocycles. The molecule has 1 aliphatic rings. The predicted octanol–water partition coefficient (Wildman–Crippen LogP) is 2.14. The Balaban J connectivity index is 1.98. The zero-order chi connectivity index (χ0) is 13.0. The van der Waals surface area contributed by atoms with Gasteiger partial charge in [-0.25, -0.2) is 4.39 Å². The molecule has 1 N–H and O–H groups in total. The Morgan fingerprint density at radius 3 is 2.94 bits per heavy atom. The summed E-state index contributed by atoms with van der Waals surface area (Å²) in [5.74, 6) is 2.40. The van der Waals surface area contributed by atoms with E-state index in [0.717, 1.165) is 12.1 Å². The van der Waals surface area contributed by atoms with Gasteiger partial charge in [0.05, 0.1) is 6.54 Å². The van der Waals surface area contributed by atoms with Crippen molar-refractivity contribution in [3.8, 4) is 12.3 Å². The first kappa shape index (κ1) is 13.1. The van der Waals surface area contributed by atoms with Crippen LogP contribution in [0, 0.1) is 18.2 Å². The van der Waals surface area contributed by atoms with Gasteiger partial charge in [0.2, 0.25) is 0 Å². The number of rotatable bonds is 6. The third kappa shape index (κ3) is 3.83. The monoisotopic (exact) mass is 246 g/mol. The third-order valence-corrected chi connectivity index (χ3v) is 3.08. The molecular formula is C15H19FN2. The van der Waals surface area contributed by atoms with Crippen LogP contribution in [0.5, 0.6) is 0 Å². The van der Waals surface area contributed by atoms with Gasteiger partial charge in [0.25, 0.3) is 0 Å². The van der Waals surface area contributed by atoms with E-state index in [0.29, 0.717) is 24.7 Å². The number of benzene rings is 1. The normalized spacial score (nSPS) is 14.8. The molecule has 0 atom stereocenters. The zero-order valence-corrected chi connectivity index (χ0v) is 10.7. The molecule has 0 saturated heterocycles. The van der Waals surface area contributed by atoms with Gasteiger partial charge in [-0.05, 0) is 31.5 Å². The fourth-order valence-corrected chi connectivity index (χ4v) is 1.91. The van der Waals surface area contributed by atoms with Crippen molar-refractivity contribution in [3.63, 3.8) is 0 Å². The van der Waals surface area contributed by atoms with Crippen LogP contribution in [0.1, 0.15) is 24.0 Å². The van der Waals surface area contributed by atoms with E-state index in [2.05, 4.69) is 11.2 Å². The van der Waals surface area contributed by atoms with Gasteiger partial charge >= 0.3 is 0 Å². The highest BCUT2D eigenvalue weighted by atomic mass is 19.1. The van der Waals surface area contributed by atoms with E-state index in [4.69, 9.17) is 6.42 Å². The molecule has 1 aromatic rings. The van der Waals surface area contributed by atoms with E-state index in [9.17, 15) is 4.39 Å². The summed E-state index contributed by atoms with van der Waals surface area (Å²) in [6.07, 6.45) is 7.77. The lowest BCUT2D eigenvalue weighted by atomic mass is 10.1. The number of terminal acetylenes is 1. The van der Waals surface area contributed by atoms with E-state index >= 15 is 0 Å². The first-order valence-electron chi connectivity index (χ1n) is 6.31. The molecule has 3 heteroatoms. The maximum atomic E-state index is 13.7. The summed E-state index contributed by atoms with van der Waals surface area (Å²) >= 11 is 0. The number of hydrogen-bond acceptors (Lipinski definition) is 2. The van der Waals surface area contributed by atoms with Gasteiger partial charge in [-0.3, -0.25) is 4.90 Å². The lowest BCUT2D eigenvalue weighted by Crippen LogP contribution is -2.19. The average Bonchev–Trinajstić information content (AvgIpc) is 3.14. The van der Waals surface area contributed by atoms with E-state index in [-0.39, 0.29) is 5.82 Å². The second-order valence-corrected chi connectivity index (χ2v) is 4.96. The van der Waals surface area contributed by atoms with Gasteiger partial charge in [-0.1, -0.05) is 18.1 Å². The maximum Gasteiger partial charge on any atom is 0.127 e. The van der Waals surface area contributed by atoms with Gasteiger partial charge in [-0.15, -0.1) is 6.42 Å². The van der Waals surface area contributed by atoms with Gasteiger partial charge < -0.3 is 5.32 Å². The second kappa shape index (κ2) is 5.99. The van der Waals surface area contributed by atoms with Gasteiger partial charge in [-0.2, -0.15) is 0 Å². The van der Waals surface area contributed by atoms with Crippen LogP contribution in [-0.2, 0) is 13.1 Å². The molecule has 0 amide bonds. The van der Waals surface area contributed by atoms with Crippen LogP contribution in [0.2, 0.25) is 0 Å². The predicted molar refractivity (Wildman–Crippen MR) is 71.4 cm³/mol. The van der Waals surface area contributed by atoms with Crippen LogP contribution in [0.15, 0.2) is 18.2 Å². The highest BCUT2D eigenvalue weighted by molar-refractivity contribution is 5.25. The quantitative estimate of drug-likeness (QED) is 0.774. The standard InChI is InChI=1S/C15H19FN2/c1-3-8-18(2)11-13-9-12(4-7-15(13)16)10-17-14-5-6-14/h1,4,7,9,14,17H,5-6,8,10-11H2,2H3. The van der Waals surface area contributed by atoms with Crippen LogP contribution in [0.3, 0.4) is 0 Å². The number of hydrogen-bond donors (Lipinski definition) is 1. The van der Waals surface area contributed by atoms with Gasteiger partial charge in [0.15, 0.2) is 0 Å². The molecule has 0 unspecified atom stereocenters. The first-order valence-corrected chi connectivity index (χ1v) is 6.31. The molecule has 0 aliphatic heterocycles. The van der Waals surface area contributed by atoms with E-state index < -0.39 is 0 Å². The van der Waals surface area contributed by atoms with Crippen molar-refractivity contribution in [2.45, 2.75) is 32.0 Å². The summed E-state index contributed by atoms with van der Waals surface area (Å²) in [4.78, 5) is 1.93. The molecule has 0 bridgehead atoms. The second-order valence-electron chi connectivity index (χ2n) is 4.96. The number of halogens is 1. The largest absolute Gasteiger partial charge is 0.310 e. The lowest BCUT2D eigenvalue weighted by Gasteiger charge is -2.15. The van der Waals surface area contributed by atoms with E-state index in [1.54, 1.807) is 6.07 Å². The van der Waals surface area contributed by atoms with Crippen molar-refractivity contribution in [2.75, 3.05) is 13.6 Å². The SMILES string of the molecule is C#CCN(C)Cc1cc(CNC2CC2)ccc1F. The molecule has 0 spiro atoms. The first-order chi connectivity index (χ1) is 8.69. The van der Waals surface area contributed by atoms with E-state index in [1.165, 1.54) is 12.8 Å². The molecule has 18 heavy (non-hydrogen) atoms. The summed E-state index contributed by atoms with van der Waals surface area (Å²) in [6.45, 7) is 1.90. The van der Waals surface area contributed by atoms with Crippen LogP contribution in [-0.4, -0.2) is 24.5 Å². The molecule has 1 fully saturated rings. The van der Waals surface area contributed by atoms with Crippen molar-refractivity contribution >= 4 is 0 Å². The molecule has 2 rings (SSSR count). The van der Waals surface area contributed by atoms with Crippen molar-refractivity contribution in [2.24, 2.45) is 0 Å². The molecule has 1 aromatic carbocycles. The number of nitrogens with zero attached hydrogens (tertiary/aromatic N) is 1. The summed E-state index contributed by atoms with van der Waals surface area (Å²) in [5.41, 5.74) is 1.84. The topological polar surface area (TPSA) is 15.3 Å². The smallest absolute Gasteiger partial charge is 0.127 e. The minimum Gasteiger partial charge on any atom is -0.310 e. The fraction of sp³-hybridized carbons (Fsp3) is 0.467. The lowest BCUT2D eigenvalue weighted by molar-refractivity contribution is 0.361. The molecule has 1 saturated carbocycles. The fourth-order valence-electron chi connectivity index (χ4n) is 1.91. The molecule has 0 heterocycles. The van der Waals surface area contributed by atoms with Crippen LogP contribution < -0.4 is 5.32 Å². The van der Waals surface area contributed by atoms with Gasteiger partial charge in [0, 0.05) is 24.7 Å². The minimum absolute atomic E-state index is 0.158. The molecule has 2 nitrogen and oxygen atoms in total. The zero-order valence-electron chi connectivity index (χ0n) is 10.7. The van der Waals surface area contributed by atoms with Crippen molar-refractivity contribution in [1.82, 2.24) is 10.2 Å². The average molecular weight is 246 g/mol. The third-order valence-electron chi connectivity index (χ3n) is 3.08. The minimum atomic E-state index is -0.158. The van der Waals surface area contributed by atoms with Crippen LogP contribution in [0.4, 0.5) is 4.39 Å². The Hall–Kier alpha value is -1.37. The maximum absolute atomic E-state index is 13.7. The van der Waals surface area contributed by atoms with Crippen molar-refractivity contribution < 1.29 is 4.39 Å². The Bertz CT molecular complexity index is 446.